The van der Waals surface area contributed by atoms with Crippen molar-refractivity contribution in [3.63, 3.8) is 0 Å². The molecule has 0 atom stereocenters. The number of ether oxygens (including phenoxy) is 1. The second-order valence-electron chi connectivity index (χ2n) is 7.40. The lowest BCUT2D eigenvalue weighted by atomic mass is 10.2. The number of carbonyl (C=O) groups is 3. The van der Waals surface area contributed by atoms with E-state index in [9.17, 15) is 14.4 Å². The Morgan fingerprint density at radius 3 is 2.51 bits per heavy atom. The fourth-order valence-corrected chi connectivity index (χ4v) is 4.40. The first-order valence-electron chi connectivity index (χ1n) is 10.6. The second-order valence-corrected chi connectivity index (χ2v) is 9.08. The van der Waals surface area contributed by atoms with E-state index in [0.717, 1.165) is 17.3 Å². The number of hydrogen-bond donors (Lipinski definition) is 2. The van der Waals surface area contributed by atoms with E-state index in [1.54, 1.807) is 42.5 Å². The van der Waals surface area contributed by atoms with Gasteiger partial charge in [-0.3, -0.25) is 30.1 Å². The lowest BCUT2D eigenvalue weighted by molar-refractivity contribution is -0.124. The maximum absolute atomic E-state index is 12.6. The SMILES string of the molecule is O=C(CCN1C(=O)C(=Cc2ccco2)SC1=S)NNC(=O)c1ccc(OCc2ccccc2)cc1. The van der Waals surface area contributed by atoms with E-state index in [2.05, 4.69) is 10.9 Å². The van der Waals surface area contributed by atoms with Crippen LogP contribution in [0.5, 0.6) is 5.75 Å². The number of thiocarbonyl (C=S) groups is 1. The van der Waals surface area contributed by atoms with E-state index >= 15 is 0 Å². The summed E-state index contributed by atoms with van der Waals surface area (Å²) in [6, 6.07) is 19.8. The highest BCUT2D eigenvalue weighted by Crippen LogP contribution is 2.32. The normalized spacial score (nSPS) is 14.3. The minimum atomic E-state index is -0.472. The molecule has 0 unspecified atom stereocenters. The van der Waals surface area contributed by atoms with Gasteiger partial charge >= 0.3 is 0 Å². The van der Waals surface area contributed by atoms with Gasteiger partial charge in [0.1, 0.15) is 22.4 Å². The molecule has 4 rings (SSSR count). The Kier molecular flexibility index (Phi) is 7.96. The molecule has 2 aromatic carbocycles. The van der Waals surface area contributed by atoms with Crippen molar-refractivity contribution in [2.24, 2.45) is 0 Å². The van der Waals surface area contributed by atoms with Crippen LogP contribution in [0.4, 0.5) is 0 Å². The van der Waals surface area contributed by atoms with Crippen LogP contribution in [0.3, 0.4) is 0 Å². The van der Waals surface area contributed by atoms with Crippen molar-refractivity contribution in [1.29, 1.82) is 0 Å². The molecule has 3 aromatic rings. The van der Waals surface area contributed by atoms with E-state index in [0.29, 0.717) is 32.9 Å². The summed E-state index contributed by atoms with van der Waals surface area (Å²) in [5, 5.41) is 0. The molecule has 3 amide bonds. The first-order valence-corrected chi connectivity index (χ1v) is 11.9. The van der Waals surface area contributed by atoms with Crippen LogP contribution in [-0.4, -0.2) is 33.5 Å². The molecule has 0 bridgehead atoms. The Morgan fingerprint density at radius 1 is 1.03 bits per heavy atom. The zero-order valence-corrected chi connectivity index (χ0v) is 20.1. The minimum absolute atomic E-state index is 0.0347. The Hall–Kier alpha value is -3.89. The lowest BCUT2D eigenvalue weighted by Crippen LogP contribution is -2.43. The third-order valence-electron chi connectivity index (χ3n) is 4.93. The summed E-state index contributed by atoms with van der Waals surface area (Å²) >= 11 is 6.40. The first kappa shape index (κ1) is 24.2. The molecule has 0 aliphatic carbocycles. The quantitative estimate of drug-likeness (QED) is 0.271. The molecule has 35 heavy (non-hydrogen) atoms. The van der Waals surface area contributed by atoms with E-state index in [-0.39, 0.29) is 18.9 Å². The van der Waals surface area contributed by atoms with Gasteiger partial charge in [-0.25, -0.2) is 0 Å². The summed E-state index contributed by atoms with van der Waals surface area (Å²) in [4.78, 5) is 38.9. The van der Waals surface area contributed by atoms with E-state index in [1.165, 1.54) is 11.2 Å². The van der Waals surface area contributed by atoms with Gasteiger partial charge in [0, 0.05) is 24.6 Å². The number of carbonyl (C=O) groups excluding carboxylic acids is 3. The number of hydrazine groups is 1. The average Bonchev–Trinajstić information content (AvgIpc) is 3.48. The van der Waals surface area contributed by atoms with Crippen molar-refractivity contribution in [3.05, 3.63) is 94.8 Å². The van der Waals surface area contributed by atoms with Gasteiger partial charge in [0.2, 0.25) is 5.91 Å². The summed E-state index contributed by atoms with van der Waals surface area (Å²) in [5.74, 6) is -0.0474. The van der Waals surface area contributed by atoms with Crippen LogP contribution < -0.4 is 15.6 Å². The molecule has 2 N–H and O–H groups in total. The van der Waals surface area contributed by atoms with Crippen molar-refractivity contribution in [2.75, 3.05) is 6.54 Å². The number of benzene rings is 2. The molecule has 8 nitrogen and oxygen atoms in total. The fraction of sp³-hybridized carbons (Fsp3) is 0.120. The van der Waals surface area contributed by atoms with E-state index in [4.69, 9.17) is 21.4 Å². The Morgan fingerprint density at radius 2 is 1.80 bits per heavy atom. The summed E-state index contributed by atoms with van der Waals surface area (Å²) in [7, 11) is 0. The highest BCUT2D eigenvalue weighted by atomic mass is 32.2. The van der Waals surface area contributed by atoms with Gasteiger partial charge in [-0.05, 0) is 42.0 Å². The third-order valence-corrected chi connectivity index (χ3v) is 6.31. The third kappa shape index (κ3) is 6.58. The topological polar surface area (TPSA) is 101 Å². The van der Waals surface area contributed by atoms with Crippen molar-refractivity contribution in [1.82, 2.24) is 15.8 Å². The number of nitrogens with one attached hydrogen (secondary N) is 2. The van der Waals surface area contributed by atoms with Crippen LogP contribution in [0.25, 0.3) is 6.08 Å². The maximum atomic E-state index is 12.6. The van der Waals surface area contributed by atoms with Gasteiger partial charge in [-0.1, -0.05) is 54.3 Å². The molecule has 1 aliphatic heterocycles. The predicted octanol–water partition coefficient (Wildman–Crippen LogP) is 3.91. The van der Waals surface area contributed by atoms with Crippen molar-refractivity contribution in [2.45, 2.75) is 13.0 Å². The molecule has 2 heterocycles. The van der Waals surface area contributed by atoms with Crippen LogP contribution in [0.2, 0.25) is 0 Å². The highest BCUT2D eigenvalue weighted by molar-refractivity contribution is 8.26. The van der Waals surface area contributed by atoms with Crippen LogP contribution >= 0.6 is 24.0 Å². The van der Waals surface area contributed by atoms with Crippen molar-refractivity contribution >= 4 is 52.1 Å². The van der Waals surface area contributed by atoms with Gasteiger partial charge in [-0.2, -0.15) is 0 Å². The highest BCUT2D eigenvalue weighted by Gasteiger charge is 2.32. The molecule has 0 radical (unpaired) electrons. The lowest BCUT2D eigenvalue weighted by Gasteiger charge is -2.14. The number of rotatable bonds is 8. The summed E-state index contributed by atoms with van der Waals surface area (Å²) in [5.41, 5.74) is 6.12. The van der Waals surface area contributed by atoms with Gasteiger partial charge < -0.3 is 9.15 Å². The van der Waals surface area contributed by atoms with E-state index in [1.807, 2.05) is 30.3 Å². The number of furan rings is 1. The number of amides is 3. The molecule has 0 saturated carbocycles. The van der Waals surface area contributed by atoms with Crippen LogP contribution in [0, 0.1) is 0 Å². The van der Waals surface area contributed by atoms with Gasteiger partial charge in [0.05, 0.1) is 11.2 Å². The van der Waals surface area contributed by atoms with Crippen LogP contribution in [0.15, 0.2) is 82.3 Å². The summed E-state index contributed by atoms with van der Waals surface area (Å²) in [6.07, 6.45) is 3.09. The molecule has 178 valence electrons. The van der Waals surface area contributed by atoms with Gasteiger partial charge in [0.15, 0.2) is 0 Å². The zero-order chi connectivity index (χ0) is 24.6. The van der Waals surface area contributed by atoms with E-state index < -0.39 is 11.8 Å². The van der Waals surface area contributed by atoms with Gasteiger partial charge in [-0.15, -0.1) is 0 Å². The zero-order valence-electron chi connectivity index (χ0n) is 18.4. The van der Waals surface area contributed by atoms with Crippen LogP contribution in [-0.2, 0) is 16.2 Å². The number of nitrogens with zero attached hydrogens (tertiary/aromatic N) is 1. The molecular weight excluding hydrogens is 486 g/mol. The number of thioether (sulfide) groups is 1. The largest absolute Gasteiger partial charge is 0.489 e. The predicted molar refractivity (Wildman–Crippen MR) is 136 cm³/mol. The molecule has 1 saturated heterocycles. The molecule has 1 aromatic heterocycles. The molecule has 1 fully saturated rings. The molecule has 10 heteroatoms. The molecule has 1 aliphatic rings. The fourth-order valence-electron chi connectivity index (χ4n) is 3.11. The maximum Gasteiger partial charge on any atom is 0.269 e. The van der Waals surface area contributed by atoms with Crippen molar-refractivity contribution in [3.8, 4) is 5.75 Å². The first-order chi connectivity index (χ1) is 17.0. The Balaban J connectivity index is 1.21. The second kappa shape index (κ2) is 11.5. The Bertz CT molecular complexity index is 1240. The number of hydrogen-bond acceptors (Lipinski definition) is 7. The Labute approximate surface area is 211 Å². The summed E-state index contributed by atoms with van der Waals surface area (Å²) < 4.78 is 11.3. The standard InChI is InChI=1S/C25H21N3O5S2/c29-22(12-13-28-24(31)21(35-25(28)34)15-20-7-4-14-32-20)26-27-23(30)18-8-10-19(11-9-18)33-16-17-5-2-1-3-6-17/h1-11,14-15H,12-13,16H2,(H,26,29)(H,27,30). The summed E-state index contributed by atoms with van der Waals surface area (Å²) in [6.45, 7) is 0.513. The van der Waals surface area contributed by atoms with Crippen LogP contribution in [0.1, 0.15) is 28.1 Å². The monoisotopic (exact) mass is 507 g/mol. The average molecular weight is 508 g/mol. The minimum Gasteiger partial charge on any atom is -0.489 e. The molecule has 0 spiro atoms. The molecular formula is C25H21N3O5S2. The van der Waals surface area contributed by atoms with Crippen molar-refractivity contribution < 1.29 is 23.5 Å². The smallest absolute Gasteiger partial charge is 0.269 e. The van der Waals surface area contributed by atoms with Gasteiger partial charge in [0.25, 0.3) is 11.8 Å².